The van der Waals surface area contributed by atoms with E-state index in [2.05, 4.69) is 86.6 Å². The first-order valence-electron chi connectivity index (χ1n) is 10.7. The summed E-state index contributed by atoms with van der Waals surface area (Å²) >= 11 is 0. The summed E-state index contributed by atoms with van der Waals surface area (Å²) in [4.78, 5) is 0. The smallest absolute Gasteiger partial charge is 0.211 e. The van der Waals surface area contributed by atoms with Crippen LogP contribution >= 0.6 is 0 Å². The van der Waals surface area contributed by atoms with E-state index in [-0.39, 0.29) is 25.8 Å². The van der Waals surface area contributed by atoms with E-state index in [4.69, 9.17) is 0 Å². The SMILES string of the molecule is CCCCc1cc[cH-]c1.Cc1cc2c(-c3ccccc3)c3c(cc2[cH-]1)CCC3.[Hf+4]. The molecule has 0 saturated carbocycles. The molecule has 0 nitrogen and oxygen atoms in total. The Morgan fingerprint density at radius 1 is 1.00 bits per heavy atom. The normalized spacial score (nSPS) is 12.2. The van der Waals surface area contributed by atoms with Crippen LogP contribution in [0.2, 0.25) is 0 Å². The van der Waals surface area contributed by atoms with Crippen molar-refractivity contribution in [3.05, 3.63) is 95.1 Å². The van der Waals surface area contributed by atoms with Crippen LogP contribution in [0.5, 0.6) is 0 Å². The van der Waals surface area contributed by atoms with Gasteiger partial charge in [0.1, 0.15) is 0 Å². The van der Waals surface area contributed by atoms with Gasteiger partial charge in [-0.3, -0.25) is 0 Å². The van der Waals surface area contributed by atoms with Gasteiger partial charge in [0, 0.05) is 0 Å². The van der Waals surface area contributed by atoms with E-state index in [1.54, 1.807) is 11.1 Å². The largest absolute Gasteiger partial charge is 4.00 e. The van der Waals surface area contributed by atoms with Gasteiger partial charge in [-0.2, -0.15) is 29.8 Å². The van der Waals surface area contributed by atoms with Gasteiger partial charge < -0.3 is 0 Å². The summed E-state index contributed by atoms with van der Waals surface area (Å²) in [5.74, 6) is 0. The molecule has 0 amide bonds. The Kier molecular flexibility index (Phi) is 7.84. The predicted octanol–water partition coefficient (Wildman–Crippen LogP) is 7.77. The number of fused-ring (bicyclic) bond motifs is 2. The van der Waals surface area contributed by atoms with Gasteiger partial charge in [-0.1, -0.05) is 80.1 Å². The van der Waals surface area contributed by atoms with Gasteiger partial charge in [0.05, 0.1) is 0 Å². The van der Waals surface area contributed by atoms with Gasteiger partial charge in [-0.15, -0.1) is 28.5 Å². The molecule has 0 aliphatic heterocycles. The average molecular weight is 545 g/mol. The van der Waals surface area contributed by atoms with Crippen molar-refractivity contribution in [2.24, 2.45) is 0 Å². The fraction of sp³-hybridized carbons (Fsp3) is 0.286. The Labute approximate surface area is 194 Å². The van der Waals surface area contributed by atoms with Crippen molar-refractivity contribution in [1.82, 2.24) is 0 Å². The molecular weight excluding hydrogens is 515 g/mol. The Bertz CT molecular complexity index is 1020. The molecule has 0 heterocycles. The molecule has 0 aromatic heterocycles. The molecule has 0 bridgehead atoms. The molecule has 1 heteroatoms. The first-order chi connectivity index (χ1) is 13.8. The minimum Gasteiger partial charge on any atom is -0.211 e. The van der Waals surface area contributed by atoms with Crippen molar-refractivity contribution in [1.29, 1.82) is 0 Å². The maximum atomic E-state index is 2.41. The number of aryl methyl sites for hydroxylation is 3. The van der Waals surface area contributed by atoms with Gasteiger partial charge in [0.25, 0.3) is 0 Å². The van der Waals surface area contributed by atoms with Crippen LogP contribution in [-0.2, 0) is 45.1 Å². The Hall–Kier alpha value is -1.73. The van der Waals surface area contributed by atoms with Crippen molar-refractivity contribution in [2.45, 2.75) is 52.4 Å². The summed E-state index contributed by atoms with van der Waals surface area (Å²) in [7, 11) is 0. The number of hydrogen-bond donors (Lipinski definition) is 0. The summed E-state index contributed by atoms with van der Waals surface area (Å²) in [6.07, 6.45) is 7.66. The van der Waals surface area contributed by atoms with Crippen LogP contribution in [0.3, 0.4) is 0 Å². The van der Waals surface area contributed by atoms with Crippen LogP contribution in [0.15, 0.2) is 72.8 Å². The average Bonchev–Trinajstić information content (AvgIpc) is 3.46. The van der Waals surface area contributed by atoms with Gasteiger partial charge in [0.15, 0.2) is 0 Å². The second-order valence-electron chi connectivity index (χ2n) is 8.04. The van der Waals surface area contributed by atoms with Gasteiger partial charge >= 0.3 is 25.8 Å². The molecule has 4 aromatic rings. The zero-order chi connectivity index (χ0) is 19.3. The number of rotatable bonds is 4. The first-order valence-corrected chi connectivity index (χ1v) is 10.7. The maximum absolute atomic E-state index is 2.41. The number of hydrogen-bond acceptors (Lipinski definition) is 0. The van der Waals surface area contributed by atoms with Crippen molar-refractivity contribution >= 4 is 10.8 Å². The molecule has 1 aliphatic rings. The van der Waals surface area contributed by atoms with Crippen LogP contribution in [0, 0.1) is 6.92 Å². The second-order valence-corrected chi connectivity index (χ2v) is 8.04. The van der Waals surface area contributed by atoms with Crippen LogP contribution in [-0.4, -0.2) is 0 Å². The van der Waals surface area contributed by atoms with E-state index in [1.807, 2.05) is 0 Å². The van der Waals surface area contributed by atoms with Gasteiger partial charge in [0.2, 0.25) is 0 Å². The Morgan fingerprint density at radius 2 is 1.83 bits per heavy atom. The molecule has 0 radical (unpaired) electrons. The van der Waals surface area contributed by atoms with Crippen molar-refractivity contribution in [2.75, 3.05) is 0 Å². The molecule has 144 valence electrons. The van der Waals surface area contributed by atoms with Crippen LogP contribution in [0.1, 0.15) is 48.4 Å². The van der Waals surface area contributed by atoms with Crippen molar-refractivity contribution in [3.63, 3.8) is 0 Å². The quantitative estimate of drug-likeness (QED) is 0.182. The van der Waals surface area contributed by atoms with Crippen LogP contribution in [0.4, 0.5) is 0 Å². The Balaban J connectivity index is 0.000000205. The molecule has 1 aliphatic carbocycles. The summed E-state index contributed by atoms with van der Waals surface area (Å²) in [6.45, 7) is 4.42. The first kappa shape index (κ1) is 22.0. The van der Waals surface area contributed by atoms with Gasteiger partial charge in [-0.05, 0) is 24.8 Å². The summed E-state index contributed by atoms with van der Waals surface area (Å²) in [5, 5.41) is 2.85. The number of unbranched alkanes of at least 4 members (excludes halogenated alkanes) is 1. The second kappa shape index (κ2) is 10.3. The molecule has 0 fully saturated rings. The third kappa shape index (κ3) is 5.07. The zero-order valence-corrected chi connectivity index (χ0v) is 21.3. The van der Waals surface area contributed by atoms with E-state index in [0.717, 1.165) is 0 Å². The van der Waals surface area contributed by atoms with Crippen molar-refractivity contribution in [3.8, 4) is 11.1 Å². The molecule has 0 atom stereocenters. The zero-order valence-electron chi connectivity index (χ0n) is 17.7. The molecule has 0 saturated heterocycles. The van der Waals surface area contributed by atoms with E-state index >= 15 is 0 Å². The fourth-order valence-corrected chi connectivity index (χ4v) is 4.47. The van der Waals surface area contributed by atoms with E-state index in [0.29, 0.717) is 0 Å². The van der Waals surface area contributed by atoms with Crippen molar-refractivity contribution < 1.29 is 25.8 Å². The fourth-order valence-electron chi connectivity index (χ4n) is 4.47. The predicted molar refractivity (Wildman–Crippen MR) is 122 cm³/mol. The minimum atomic E-state index is 0. The molecular formula is C28H30Hf+2. The van der Waals surface area contributed by atoms with Gasteiger partial charge in [-0.25, -0.2) is 6.07 Å². The van der Waals surface area contributed by atoms with E-state index in [9.17, 15) is 0 Å². The molecule has 0 spiro atoms. The molecule has 5 rings (SSSR count). The summed E-state index contributed by atoms with van der Waals surface area (Å²) in [5.41, 5.74) is 8.87. The Morgan fingerprint density at radius 3 is 2.55 bits per heavy atom. The minimum absolute atomic E-state index is 0. The topological polar surface area (TPSA) is 0 Å². The number of benzene rings is 2. The van der Waals surface area contributed by atoms with E-state index in [1.165, 1.54) is 71.6 Å². The van der Waals surface area contributed by atoms with Crippen LogP contribution < -0.4 is 0 Å². The third-order valence-corrected chi connectivity index (χ3v) is 5.84. The third-order valence-electron chi connectivity index (χ3n) is 5.84. The standard InChI is InChI=1S/C19H17.C9H13.Hf/c1-13-10-16-12-15-8-5-9-17(15)19(18(16)11-13)14-6-3-2-4-7-14;1-2-3-6-9-7-4-5-8-9;/h2-4,6-7,10-12H,5,8-9H2,1H3;4-5,7-8H,2-3,6H2,1H3;/q2*-1;+4. The maximum Gasteiger partial charge on any atom is 4.00 e. The molecule has 0 N–H and O–H groups in total. The molecule has 29 heavy (non-hydrogen) atoms. The monoisotopic (exact) mass is 546 g/mol. The summed E-state index contributed by atoms with van der Waals surface area (Å²) < 4.78 is 0. The van der Waals surface area contributed by atoms with Crippen LogP contribution in [0.25, 0.3) is 21.9 Å². The summed E-state index contributed by atoms with van der Waals surface area (Å²) in [6, 6.07) is 26.5. The molecule has 4 aromatic carbocycles. The van der Waals surface area contributed by atoms with E-state index < -0.39 is 0 Å². The molecule has 0 unspecified atom stereocenters.